The largest absolute Gasteiger partial charge is 0.316 e. The Morgan fingerprint density at radius 2 is 2.14 bits per heavy atom. The van der Waals surface area contributed by atoms with E-state index in [4.69, 9.17) is 0 Å². The molecule has 4 nitrogen and oxygen atoms in total. The third-order valence-electron chi connectivity index (χ3n) is 4.08. The van der Waals surface area contributed by atoms with E-state index in [1.165, 1.54) is 12.8 Å². The van der Waals surface area contributed by atoms with Gasteiger partial charge in [-0.25, -0.2) is 13.1 Å². The summed E-state index contributed by atoms with van der Waals surface area (Å²) in [5, 5.41) is 3.36. The summed E-state index contributed by atoms with van der Waals surface area (Å²) in [4.78, 5) is 0.371. The molecule has 1 atom stereocenters. The maximum Gasteiger partial charge on any atom is 0.240 e. The van der Waals surface area contributed by atoms with Gasteiger partial charge in [-0.15, -0.1) is 12.4 Å². The van der Waals surface area contributed by atoms with Crippen LogP contribution in [0.1, 0.15) is 44.6 Å². The van der Waals surface area contributed by atoms with Gasteiger partial charge in [0.2, 0.25) is 10.0 Å². The van der Waals surface area contributed by atoms with Crippen LogP contribution in [0.25, 0.3) is 0 Å². The first-order chi connectivity index (χ1) is 9.99. The first-order valence-electron chi connectivity index (χ1n) is 7.79. The predicted molar refractivity (Wildman–Crippen MR) is 93.2 cm³/mol. The topological polar surface area (TPSA) is 58.2 Å². The lowest BCUT2D eigenvalue weighted by molar-refractivity contribution is 0.358. The third-order valence-corrected chi connectivity index (χ3v) is 5.54. The molecule has 1 saturated heterocycles. The Kier molecular flexibility index (Phi) is 7.83. The molecule has 0 spiro atoms. The zero-order chi connectivity index (χ0) is 15.3. The van der Waals surface area contributed by atoms with E-state index in [1.54, 1.807) is 12.1 Å². The fourth-order valence-corrected chi connectivity index (χ4v) is 3.79. The van der Waals surface area contributed by atoms with Crippen LogP contribution in [0.15, 0.2) is 29.2 Å². The number of sulfonamides is 1. The highest BCUT2D eigenvalue weighted by molar-refractivity contribution is 7.89. The Bertz CT molecular complexity index is 555. The number of hydrogen-bond acceptors (Lipinski definition) is 3. The van der Waals surface area contributed by atoms with Crippen molar-refractivity contribution in [2.24, 2.45) is 5.92 Å². The van der Waals surface area contributed by atoms with Gasteiger partial charge in [-0.1, -0.05) is 26.0 Å². The van der Waals surface area contributed by atoms with Gasteiger partial charge in [-0.3, -0.25) is 0 Å². The molecule has 0 aliphatic carbocycles. The van der Waals surface area contributed by atoms with E-state index in [-0.39, 0.29) is 12.4 Å². The lowest BCUT2D eigenvalue weighted by atomic mass is 9.96. The van der Waals surface area contributed by atoms with E-state index in [0.717, 1.165) is 25.1 Å². The molecule has 1 aliphatic rings. The molecule has 2 rings (SSSR count). The molecule has 1 heterocycles. The lowest BCUT2D eigenvalue weighted by Gasteiger charge is -2.22. The Hall–Kier alpha value is -0.620. The van der Waals surface area contributed by atoms with Gasteiger partial charge in [0.25, 0.3) is 0 Å². The fraction of sp³-hybridized carbons (Fsp3) is 0.625. The maximum absolute atomic E-state index is 12.3. The molecule has 0 radical (unpaired) electrons. The van der Waals surface area contributed by atoms with Crippen LogP contribution >= 0.6 is 12.4 Å². The molecule has 1 aromatic rings. The summed E-state index contributed by atoms with van der Waals surface area (Å²) in [5.74, 6) is 0.914. The minimum atomic E-state index is -3.39. The van der Waals surface area contributed by atoms with Gasteiger partial charge in [-0.2, -0.15) is 0 Å². The van der Waals surface area contributed by atoms with Crippen molar-refractivity contribution in [1.29, 1.82) is 0 Å². The molecule has 2 N–H and O–H groups in total. The highest BCUT2D eigenvalue weighted by Crippen LogP contribution is 2.19. The Labute approximate surface area is 140 Å². The van der Waals surface area contributed by atoms with Crippen molar-refractivity contribution in [2.75, 3.05) is 19.6 Å². The minimum Gasteiger partial charge on any atom is -0.316 e. The quantitative estimate of drug-likeness (QED) is 0.832. The third kappa shape index (κ3) is 5.54. The average Bonchev–Trinajstić information content (AvgIpc) is 2.48. The summed E-state index contributed by atoms with van der Waals surface area (Å²) in [6.45, 7) is 6.74. The van der Waals surface area contributed by atoms with Gasteiger partial charge < -0.3 is 5.32 Å². The van der Waals surface area contributed by atoms with Gasteiger partial charge in [-0.05, 0) is 61.9 Å². The van der Waals surface area contributed by atoms with E-state index < -0.39 is 10.0 Å². The van der Waals surface area contributed by atoms with E-state index in [0.29, 0.717) is 23.3 Å². The second-order valence-corrected chi connectivity index (χ2v) is 7.89. The number of benzene rings is 1. The smallest absolute Gasteiger partial charge is 0.240 e. The molecule has 22 heavy (non-hydrogen) atoms. The van der Waals surface area contributed by atoms with Gasteiger partial charge in [0, 0.05) is 6.54 Å². The Morgan fingerprint density at radius 1 is 1.36 bits per heavy atom. The molecule has 6 heteroatoms. The summed E-state index contributed by atoms with van der Waals surface area (Å²) < 4.78 is 27.4. The molecular weight excluding hydrogens is 320 g/mol. The van der Waals surface area contributed by atoms with Crippen LogP contribution in [0.2, 0.25) is 0 Å². The summed E-state index contributed by atoms with van der Waals surface area (Å²) in [6, 6.07) is 7.22. The van der Waals surface area contributed by atoms with Crippen molar-refractivity contribution in [3.05, 3.63) is 29.8 Å². The standard InChI is InChI=1S/C16H26N2O2S.ClH/c1-13(2)15-6-3-7-16(11-15)21(19,20)18-10-8-14-5-4-9-17-12-14;/h3,6-7,11,13-14,17-18H,4-5,8-10,12H2,1-2H3;1H. The van der Waals surface area contributed by atoms with E-state index in [9.17, 15) is 8.42 Å². The van der Waals surface area contributed by atoms with Crippen LogP contribution in [-0.2, 0) is 10.0 Å². The Morgan fingerprint density at radius 3 is 2.77 bits per heavy atom. The Balaban J connectivity index is 0.00000242. The number of nitrogens with one attached hydrogen (secondary N) is 2. The molecular formula is C16H27ClN2O2S. The highest BCUT2D eigenvalue weighted by Gasteiger charge is 2.17. The molecule has 0 saturated carbocycles. The monoisotopic (exact) mass is 346 g/mol. The molecule has 0 aromatic heterocycles. The van der Waals surface area contributed by atoms with Crippen molar-refractivity contribution in [3.8, 4) is 0 Å². The lowest BCUT2D eigenvalue weighted by Crippen LogP contribution is -2.33. The molecule has 1 fully saturated rings. The van der Waals surface area contributed by atoms with Crippen LogP contribution in [0.5, 0.6) is 0 Å². The van der Waals surface area contributed by atoms with Gasteiger partial charge in [0.15, 0.2) is 0 Å². The van der Waals surface area contributed by atoms with E-state index in [2.05, 4.69) is 23.9 Å². The van der Waals surface area contributed by atoms with Crippen molar-refractivity contribution >= 4 is 22.4 Å². The minimum absolute atomic E-state index is 0. The second-order valence-electron chi connectivity index (χ2n) is 6.13. The van der Waals surface area contributed by atoms with Crippen molar-refractivity contribution in [2.45, 2.75) is 43.9 Å². The van der Waals surface area contributed by atoms with Crippen molar-refractivity contribution in [3.63, 3.8) is 0 Å². The van der Waals surface area contributed by atoms with Gasteiger partial charge >= 0.3 is 0 Å². The molecule has 1 unspecified atom stereocenters. The average molecular weight is 347 g/mol. The number of halogens is 1. The van der Waals surface area contributed by atoms with Crippen LogP contribution in [0, 0.1) is 5.92 Å². The summed E-state index contributed by atoms with van der Waals surface area (Å²) in [6.07, 6.45) is 3.28. The molecule has 1 aliphatic heterocycles. The van der Waals surface area contributed by atoms with Crippen LogP contribution in [0.3, 0.4) is 0 Å². The highest BCUT2D eigenvalue weighted by atomic mass is 35.5. The molecule has 126 valence electrons. The van der Waals surface area contributed by atoms with E-state index >= 15 is 0 Å². The van der Waals surface area contributed by atoms with Gasteiger partial charge in [0.05, 0.1) is 4.90 Å². The normalized spacial score (nSPS) is 19.0. The summed E-state index contributed by atoms with van der Waals surface area (Å²) >= 11 is 0. The number of hydrogen-bond donors (Lipinski definition) is 2. The fourth-order valence-electron chi connectivity index (χ4n) is 2.69. The van der Waals surface area contributed by atoms with Crippen molar-refractivity contribution < 1.29 is 8.42 Å². The number of piperidine rings is 1. The molecule has 0 amide bonds. The van der Waals surface area contributed by atoms with Crippen molar-refractivity contribution in [1.82, 2.24) is 10.0 Å². The summed E-state index contributed by atoms with van der Waals surface area (Å²) in [7, 11) is -3.39. The first-order valence-corrected chi connectivity index (χ1v) is 9.27. The van der Waals surface area contributed by atoms with Crippen LogP contribution < -0.4 is 10.0 Å². The zero-order valence-electron chi connectivity index (χ0n) is 13.3. The first kappa shape index (κ1) is 19.4. The predicted octanol–water partition coefficient (Wildman–Crippen LogP) is 2.90. The molecule has 1 aromatic carbocycles. The second kappa shape index (κ2) is 8.87. The molecule has 0 bridgehead atoms. The van der Waals surface area contributed by atoms with Crippen LogP contribution in [0.4, 0.5) is 0 Å². The summed E-state index contributed by atoms with van der Waals surface area (Å²) in [5.41, 5.74) is 1.05. The SMILES string of the molecule is CC(C)c1cccc(S(=O)(=O)NCCC2CCCNC2)c1.Cl. The van der Waals surface area contributed by atoms with Gasteiger partial charge in [0.1, 0.15) is 0 Å². The zero-order valence-corrected chi connectivity index (χ0v) is 15.0. The number of rotatable bonds is 6. The van der Waals surface area contributed by atoms with E-state index in [1.807, 2.05) is 12.1 Å². The maximum atomic E-state index is 12.3. The van der Waals surface area contributed by atoms with Crippen LogP contribution in [-0.4, -0.2) is 28.1 Å².